The Morgan fingerprint density at radius 2 is 1.47 bits per heavy atom. The summed E-state index contributed by atoms with van der Waals surface area (Å²) in [6.45, 7) is 4.73. The molecule has 0 heterocycles. The van der Waals surface area contributed by atoms with Gasteiger partial charge in [-0.3, -0.25) is 4.79 Å². The highest BCUT2D eigenvalue weighted by molar-refractivity contribution is 6.08. The summed E-state index contributed by atoms with van der Waals surface area (Å²) in [4.78, 5) is 21.5. The zero-order valence-electron chi connectivity index (χ0n) is 19.7. The van der Waals surface area contributed by atoms with Gasteiger partial charge in [0.2, 0.25) is 5.91 Å². The summed E-state index contributed by atoms with van der Waals surface area (Å²) < 4.78 is 0. The van der Waals surface area contributed by atoms with E-state index in [0.717, 1.165) is 34.5 Å². The van der Waals surface area contributed by atoms with Crippen LogP contribution in [0.25, 0.3) is 0 Å². The summed E-state index contributed by atoms with van der Waals surface area (Å²) in [5.41, 5.74) is 3.82. The van der Waals surface area contributed by atoms with Crippen LogP contribution < -0.4 is 4.90 Å². The van der Waals surface area contributed by atoms with E-state index in [1.165, 1.54) is 0 Å². The van der Waals surface area contributed by atoms with Gasteiger partial charge in [0, 0.05) is 5.56 Å². The summed E-state index contributed by atoms with van der Waals surface area (Å²) >= 11 is 0. The lowest BCUT2D eigenvalue weighted by Crippen LogP contribution is -2.41. The number of benzene rings is 3. The van der Waals surface area contributed by atoms with E-state index >= 15 is 0 Å². The van der Waals surface area contributed by atoms with Crippen molar-refractivity contribution in [2.75, 3.05) is 4.90 Å². The van der Waals surface area contributed by atoms with Gasteiger partial charge in [-0.15, -0.1) is 0 Å². The van der Waals surface area contributed by atoms with Gasteiger partial charge in [0.05, 0.1) is 23.4 Å². The number of rotatable bonds is 8. The Balaban J connectivity index is 1.66. The van der Waals surface area contributed by atoms with E-state index < -0.39 is 5.41 Å². The number of nitrogens with zero attached hydrogens (tertiary/aromatic N) is 2. The molecule has 0 bridgehead atoms. The van der Waals surface area contributed by atoms with Crippen molar-refractivity contribution in [2.45, 2.75) is 33.4 Å². The smallest absolute Gasteiger partial charge is 0.240 e. The molecular formula is C30H30N2O2. The highest BCUT2D eigenvalue weighted by atomic mass is 16.6. The summed E-state index contributed by atoms with van der Waals surface area (Å²) in [7, 11) is 0. The molecule has 172 valence electrons. The van der Waals surface area contributed by atoms with Gasteiger partial charge >= 0.3 is 0 Å². The highest BCUT2D eigenvalue weighted by Crippen LogP contribution is 2.33. The third-order valence-electron chi connectivity index (χ3n) is 5.95. The SMILES string of the molecule is C/C(=N/OCc1ccccc1)c1ccccc1N(Cc1ccccc1)C(=O)C1(C)C=CCC=C1. The Bertz CT molecular complexity index is 1180. The molecule has 1 amide bonds. The Kier molecular flexibility index (Phi) is 7.38. The zero-order chi connectivity index (χ0) is 23.8. The van der Waals surface area contributed by atoms with Crippen molar-refractivity contribution in [1.29, 1.82) is 0 Å². The molecule has 0 aromatic heterocycles. The van der Waals surface area contributed by atoms with Gasteiger partial charge in [0.15, 0.2) is 0 Å². The van der Waals surface area contributed by atoms with Crippen LogP contribution in [0.4, 0.5) is 5.69 Å². The fraction of sp³-hybridized carbons (Fsp3) is 0.200. The third-order valence-corrected chi connectivity index (χ3v) is 5.95. The second-order valence-corrected chi connectivity index (χ2v) is 8.65. The molecule has 0 saturated heterocycles. The van der Waals surface area contributed by atoms with E-state index in [2.05, 4.69) is 17.3 Å². The number of para-hydroxylation sites is 1. The Hall–Kier alpha value is -3.92. The normalized spacial score (nSPS) is 14.6. The topological polar surface area (TPSA) is 41.9 Å². The number of hydrogen-bond donors (Lipinski definition) is 0. The zero-order valence-corrected chi connectivity index (χ0v) is 19.7. The van der Waals surface area contributed by atoms with Crippen molar-refractivity contribution in [3.8, 4) is 0 Å². The molecule has 3 aromatic carbocycles. The van der Waals surface area contributed by atoms with Crippen LogP contribution in [-0.4, -0.2) is 11.6 Å². The lowest BCUT2D eigenvalue weighted by molar-refractivity contribution is -0.123. The predicted molar refractivity (Wildman–Crippen MR) is 139 cm³/mol. The maximum absolute atomic E-state index is 14.0. The van der Waals surface area contributed by atoms with E-state index in [-0.39, 0.29) is 5.91 Å². The molecule has 4 heteroatoms. The van der Waals surface area contributed by atoms with Gasteiger partial charge in [0.25, 0.3) is 0 Å². The second-order valence-electron chi connectivity index (χ2n) is 8.65. The molecule has 0 aliphatic heterocycles. The van der Waals surface area contributed by atoms with Crippen molar-refractivity contribution >= 4 is 17.3 Å². The first-order valence-corrected chi connectivity index (χ1v) is 11.6. The van der Waals surface area contributed by atoms with Crippen molar-refractivity contribution in [1.82, 2.24) is 0 Å². The maximum atomic E-state index is 14.0. The second kappa shape index (κ2) is 10.8. The van der Waals surface area contributed by atoms with Crippen LogP contribution in [0.15, 0.2) is 114 Å². The maximum Gasteiger partial charge on any atom is 0.240 e. The molecular weight excluding hydrogens is 420 g/mol. The molecule has 0 spiro atoms. The van der Waals surface area contributed by atoms with E-state index in [1.807, 2.05) is 116 Å². The Labute approximate surface area is 201 Å². The summed E-state index contributed by atoms with van der Waals surface area (Å²) in [5, 5.41) is 4.38. The lowest BCUT2D eigenvalue weighted by atomic mass is 9.84. The highest BCUT2D eigenvalue weighted by Gasteiger charge is 2.34. The van der Waals surface area contributed by atoms with Crippen molar-refractivity contribution in [3.05, 3.63) is 126 Å². The van der Waals surface area contributed by atoms with Crippen LogP contribution >= 0.6 is 0 Å². The van der Waals surface area contributed by atoms with Gasteiger partial charge in [0.1, 0.15) is 6.61 Å². The van der Waals surface area contributed by atoms with E-state index in [9.17, 15) is 4.79 Å². The van der Waals surface area contributed by atoms with Gasteiger partial charge in [-0.25, -0.2) is 0 Å². The minimum Gasteiger partial charge on any atom is -0.391 e. The van der Waals surface area contributed by atoms with E-state index in [1.54, 1.807) is 0 Å². The number of amides is 1. The molecule has 4 nitrogen and oxygen atoms in total. The van der Waals surface area contributed by atoms with Gasteiger partial charge in [-0.1, -0.05) is 108 Å². The number of carbonyl (C=O) groups excluding carboxylic acids is 1. The lowest BCUT2D eigenvalue weighted by Gasteiger charge is -2.33. The van der Waals surface area contributed by atoms with Crippen LogP contribution in [-0.2, 0) is 22.8 Å². The molecule has 34 heavy (non-hydrogen) atoms. The van der Waals surface area contributed by atoms with Crippen LogP contribution in [0, 0.1) is 5.41 Å². The standard InChI is InChI=1S/C30H30N2O2/c1-24(31-34-23-26-16-8-4-9-17-26)27-18-10-11-19-28(27)32(22-25-14-6-3-7-15-25)29(33)30(2)20-12-5-13-21-30/h3-4,6-21H,5,22-23H2,1-2H3/b31-24-. The van der Waals surface area contributed by atoms with Crippen LogP contribution in [0.5, 0.6) is 0 Å². The number of oxime groups is 1. The first-order chi connectivity index (χ1) is 16.6. The average Bonchev–Trinajstić information content (AvgIpc) is 2.88. The van der Waals surface area contributed by atoms with Crippen LogP contribution in [0.3, 0.4) is 0 Å². The van der Waals surface area contributed by atoms with Gasteiger partial charge < -0.3 is 9.74 Å². The molecule has 0 fully saturated rings. The fourth-order valence-electron chi connectivity index (χ4n) is 4.07. The van der Waals surface area contributed by atoms with Gasteiger partial charge in [-0.2, -0.15) is 0 Å². The average molecular weight is 451 g/mol. The van der Waals surface area contributed by atoms with Crippen molar-refractivity contribution < 1.29 is 9.63 Å². The summed E-state index contributed by atoms with van der Waals surface area (Å²) in [6.07, 6.45) is 8.95. The first-order valence-electron chi connectivity index (χ1n) is 11.6. The number of allylic oxidation sites excluding steroid dienone is 2. The third kappa shape index (κ3) is 5.52. The van der Waals surface area contributed by atoms with E-state index in [4.69, 9.17) is 4.84 Å². The van der Waals surface area contributed by atoms with E-state index in [0.29, 0.717) is 13.2 Å². The van der Waals surface area contributed by atoms with Crippen LogP contribution in [0.1, 0.15) is 37.0 Å². The minimum atomic E-state index is -0.699. The molecule has 0 N–H and O–H groups in total. The van der Waals surface area contributed by atoms with Crippen molar-refractivity contribution in [3.63, 3.8) is 0 Å². The molecule has 0 radical (unpaired) electrons. The number of carbonyl (C=O) groups is 1. The summed E-state index contributed by atoms with van der Waals surface area (Å²) in [5.74, 6) is 0.0222. The fourth-order valence-corrected chi connectivity index (χ4v) is 4.07. The minimum absolute atomic E-state index is 0.0222. The van der Waals surface area contributed by atoms with Crippen LogP contribution in [0.2, 0.25) is 0 Å². The molecule has 0 atom stereocenters. The number of anilines is 1. The monoisotopic (exact) mass is 450 g/mol. The first kappa shape index (κ1) is 23.2. The quantitative estimate of drug-likeness (QED) is 0.218. The largest absolute Gasteiger partial charge is 0.391 e. The predicted octanol–water partition coefficient (Wildman–Crippen LogP) is 6.68. The molecule has 1 aliphatic rings. The number of hydrogen-bond acceptors (Lipinski definition) is 3. The summed E-state index contributed by atoms with van der Waals surface area (Å²) in [6, 6.07) is 27.9. The molecule has 0 saturated carbocycles. The molecule has 0 unspecified atom stereocenters. The van der Waals surface area contributed by atoms with Gasteiger partial charge in [-0.05, 0) is 37.5 Å². The Morgan fingerprint density at radius 3 is 2.15 bits per heavy atom. The Morgan fingerprint density at radius 1 is 0.882 bits per heavy atom. The molecule has 1 aliphatic carbocycles. The molecule has 3 aromatic rings. The molecule has 4 rings (SSSR count). The van der Waals surface area contributed by atoms with Crippen molar-refractivity contribution in [2.24, 2.45) is 10.6 Å².